The van der Waals surface area contributed by atoms with Crippen LogP contribution in [0.4, 0.5) is 0 Å². The summed E-state index contributed by atoms with van der Waals surface area (Å²) < 4.78 is 5.13. The lowest BCUT2D eigenvalue weighted by Gasteiger charge is -1.83. The zero-order chi connectivity index (χ0) is 5.98. The number of halogens is 1. The fraction of sp³-hybridized carbons (Fsp3) is 0.400. The number of hydrogen-bond donors (Lipinski definition) is 0. The molecule has 0 saturated carbocycles. The van der Waals surface area contributed by atoms with Gasteiger partial charge in [-0.1, -0.05) is 6.92 Å². The number of aryl methyl sites for hydroxylation is 1. The van der Waals surface area contributed by atoms with E-state index in [0.29, 0.717) is 0 Å². The van der Waals surface area contributed by atoms with Crippen molar-refractivity contribution in [1.29, 1.82) is 0 Å². The standard InChI is InChI=1S/C5H6BrNS/c1-2-5-4(6)3-7-8-5/h3H,2H2,1H3. The molecule has 0 aliphatic heterocycles. The zero-order valence-electron chi connectivity index (χ0n) is 4.52. The Morgan fingerprint density at radius 3 is 2.88 bits per heavy atom. The zero-order valence-corrected chi connectivity index (χ0v) is 6.92. The molecule has 8 heavy (non-hydrogen) atoms. The molecule has 0 radical (unpaired) electrons. The minimum Gasteiger partial charge on any atom is -0.200 e. The van der Waals surface area contributed by atoms with Crippen molar-refractivity contribution in [2.24, 2.45) is 0 Å². The minimum atomic E-state index is 1.07. The average molecular weight is 192 g/mol. The summed E-state index contributed by atoms with van der Waals surface area (Å²) in [7, 11) is 0. The minimum absolute atomic E-state index is 1.07. The second-order valence-corrected chi connectivity index (χ2v) is 3.19. The van der Waals surface area contributed by atoms with Crippen LogP contribution in [0.3, 0.4) is 0 Å². The molecule has 0 bridgehead atoms. The Morgan fingerprint density at radius 2 is 2.62 bits per heavy atom. The van der Waals surface area contributed by atoms with E-state index in [2.05, 4.69) is 27.2 Å². The molecule has 0 atom stereocenters. The fourth-order valence-electron chi connectivity index (χ4n) is 0.485. The van der Waals surface area contributed by atoms with Crippen LogP contribution >= 0.6 is 27.5 Å². The molecule has 1 nitrogen and oxygen atoms in total. The van der Waals surface area contributed by atoms with E-state index in [1.54, 1.807) is 11.5 Å². The van der Waals surface area contributed by atoms with E-state index in [1.807, 2.05) is 6.20 Å². The lowest BCUT2D eigenvalue weighted by atomic mass is 10.4. The van der Waals surface area contributed by atoms with E-state index in [4.69, 9.17) is 0 Å². The van der Waals surface area contributed by atoms with Gasteiger partial charge in [-0.2, -0.15) is 4.37 Å². The van der Waals surface area contributed by atoms with E-state index in [-0.39, 0.29) is 0 Å². The average Bonchev–Trinajstić information content (AvgIpc) is 2.14. The van der Waals surface area contributed by atoms with Gasteiger partial charge in [0.2, 0.25) is 0 Å². The fourth-order valence-corrected chi connectivity index (χ4v) is 1.78. The van der Waals surface area contributed by atoms with Crippen molar-refractivity contribution in [1.82, 2.24) is 4.37 Å². The molecule has 0 unspecified atom stereocenters. The van der Waals surface area contributed by atoms with Crippen LogP contribution in [-0.2, 0) is 6.42 Å². The van der Waals surface area contributed by atoms with E-state index < -0.39 is 0 Å². The Labute approximate surface area is 61.0 Å². The maximum Gasteiger partial charge on any atom is 0.0552 e. The van der Waals surface area contributed by atoms with E-state index in [1.165, 1.54) is 4.88 Å². The first-order chi connectivity index (χ1) is 3.84. The number of hydrogen-bond acceptors (Lipinski definition) is 2. The Bertz CT molecular complexity index is 173. The van der Waals surface area contributed by atoms with Crippen molar-refractivity contribution < 1.29 is 0 Å². The Balaban J connectivity index is 2.92. The van der Waals surface area contributed by atoms with E-state index in [0.717, 1.165) is 10.9 Å². The lowest BCUT2D eigenvalue weighted by Crippen LogP contribution is -1.68. The summed E-state index contributed by atoms with van der Waals surface area (Å²) in [4.78, 5) is 1.32. The summed E-state index contributed by atoms with van der Waals surface area (Å²) in [6.07, 6.45) is 2.91. The van der Waals surface area contributed by atoms with Crippen molar-refractivity contribution in [2.45, 2.75) is 13.3 Å². The van der Waals surface area contributed by atoms with Gasteiger partial charge in [-0.3, -0.25) is 0 Å². The molecule has 0 aromatic carbocycles. The first-order valence-corrected chi connectivity index (χ1v) is 4.00. The normalized spacial score (nSPS) is 9.75. The Kier molecular flexibility index (Phi) is 2.02. The molecule has 0 aliphatic rings. The van der Waals surface area contributed by atoms with Crippen LogP contribution < -0.4 is 0 Å². The highest BCUT2D eigenvalue weighted by Gasteiger charge is 1.96. The predicted octanol–water partition coefficient (Wildman–Crippen LogP) is 2.47. The highest BCUT2D eigenvalue weighted by atomic mass is 79.9. The number of rotatable bonds is 1. The summed E-state index contributed by atoms with van der Waals surface area (Å²) in [5.41, 5.74) is 0. The maximum absolute atomic E-state index is 3.99. The van der Waals surface area contributed by atoms with Gasteiger partial charge in [-0.25, -0.2) is 0 Å². The molecule has 0 amide bonds. The van der Waals surface area contributed by atoms with Crippen molar-refractivity contribution in [3.63, 3.8) is 0 Å². The molecule has 1 heterocycles. The third-order valence-electron chi connectivity index (χ3n) is 0.916. The van der Waals surface area contributed by atoms with Gasteiger partial charge in [0, 0.05) is 4.88 Å². The third kappa shape index (κ3) is 1.09. The van der Waals surface area contributed by atoms with E-state index in [9.17, 15) is 0 Å². The summed E-state index contributed by atoms with van der Waals surface area (Å²) in [5, 5.41) is 0. The second-order valence-electron chi connectivity index (χ2n) is 1.45. The maximum atomic E-state index is 3.99. The molecule has 0 fully saturated rings. The van der Waals surface area contributed by atoms with Crippen LogP contribution in [0.2, 0.25) is 0 Å². The Morgan fingerprint density at radius 1 is 1.88 bits per heavy atom. The van der Waals surface area contributed by atoms with Gasteiger partial charge in [-0.15, -0.1) is 0 Å². The van der Waals surface area contributed by atoms with Crippen LogP contribution in [-0.4, -0.2) is 4.37 Å². The molecule has 0 N–H and O–H groups in total. The molecule has 1 aromatic heterocycles. The van der Waals surface area contributed by atoms with Crippen molar-refractivity contribution in [3.05, 3.63) is 15.5 Å². The predicted molar refractivity (Wildman–Crippen MR) is 39.2 cm³/mol. The molecule has 0 saturated heterocycles. The van der Waals surface area contributed by atoms with Gasteiger partial charge < -0.3 is 0 Å². The highest BCUT2D eigenvalue weighted by Crippen LogP contribution is 2.19. The van der Waals surface area contributed by atoms with Crippen LogP contribution in [0.5, 0.6) is 0 Å². The third-order valence-corrected chi connectivity index (χ3v) is 2.80. The highest BCUT2D eigenvalue weighted by molar-refractivity contribution is 9.10. The molecule has 1 rings (SSSR count). The Hall–Kier alpha value is 0.110. The van der Waals surface area contributed by atoms with Gasteiger partial charge in [0.25, 0.3) is 0 Å². The van der Waals surface area contributed by atoms with Gasteiger partial charge in [0.05, 0.1) is 10.7 Å². The van der Waals surface area contributed by atoms with Gasteiger partial charge >= 0.3 is 0 Å². The number of aromatic nitrogens is 1. The second kappa shape index (κ2) is 2.60. The SMILES string of the molecule is CCc1sncc1Br. The van der Waals surface area contributed by atoms with Crippen LogP contribution in [0.25, 0.3) is 0 Å². The van der Waals surface area contributed by atoms with Gasteiger partial charge in [-0.05, 0) is 33.9 Å². The molecule has 0 spiro atoms. The first kappa shape index (κ1) is 6.23. The van der Waals surface area contributed by atoms with Crippen LogP contribution in [0.15, 0.2) is 10.7 Å². The smallest absolute Gasteiger partial charge is 0.0552 e. The van der Waals surface area contributed by atoms with Crippen molar-refractivity contribution in [2.75, 3.05) is 0 Å². The lowest BCUT2D eigenvalue weighted by molar-refractivity contribution is 1.18. The quantitative estimate of drug-likeness (QED) is 0.665. The van der Waals surface area contributed by atoms with Crippen LogP contribution in [0.1, 0.15) is 11.8 Å². The molecule has 44 valence electrons. The molecule has 3 heteroatoms. The van der Waals surface area contributed by atoms with Gasteiger partial charge in [0.1, 0.15) is 0 Å². The molecule has 0 aliphatic carbocycles. The van der Waals surface area contributed by atoms with E-state index >= 15 is 0 Å². The number of nitrogens with zero attached hydrogens (tertiary/aromatic N) is 1. The summed E-state index contributed by atoms with van der Waals surface area (Å²) in [6, 6.07) is 0. The monoisotopic (exact) mass is 191 g/mol. The molecule has 1 aromatic rings. The van der Waals surface area contributed by atoms with Gasteiger partial charge in [0.15, 0.2) is 0 Å². The molecular weight excluding hydrogens is 186 g/mol. The first-order valence-electron chi connectivity index (χ1n) is 2.43. The topological polar surface area (TPSA) is 12.9 Å². The summed E-state index contributed by atoms with van der Waals surface area (Å²) >= 11 is 4.93. The molecular formula is C5H6BrNS. The summed E-state index contributed by atoms with van der Waals surface area (Å²) in [5.74, 6) is 0. The van der Waals surface area contributed by atoms with Crippen LogP contribution in [0, 0.1) is 0 Å². The largest absolute Gasteiger partial charge is 0.200 e. The van der Waals surface area contributed by atoms with Crippen molar-refractivity contribution in [3.8, 4) is 0 Å². The van der Waals surface area contributed by atoms with Crippen molar-refractivity contribution >= 4 is 27.5 Å². The summed E-state index contributed by atoms with van der Waals surface area (Å²) in [6.45, 7) is 2.12.